The van der Waals surface area contributed by atoms with Gasteiger partial charge in [-0.2, -0.15) is 4.31 Å². The number of rotatable bonds is 7. The Morgan fingerprint density at radius 1 is 1.16 bits per heavy atom. The van der Waals surface area contributed by atoms with E-state index >= 15 is 0 Å². The van der Waals surface area contributed by atoms with Crippen LogP contribution in [0.3, 0.4) is 0 Å². The molecule has 0 saturated carbocycles. The molecule has 10 heteroatoms. The largest absolute Gasteiger partial charge is 0.455 e. The number of piperidine rings is 1. The third-order valence-electron chi connectivity index (χ3n) is 4.89. The number of anilines is 1. The van der Waals surface area contributed by atoms with Gasteiger partial charge < -0.3 is 10.1 Å². The normalized spacial score (nSPS) is 17.2. The summed E-state index contributed by atoms with van der Waals surface area (Å²) < 4.78 is 32.1. The number of halogens is 1. The summed E-state index contributed by atoms with van der Waals surface area (Å²) in [5.74, 6) is -1.65. The number of sulfonamides is 1. The SMILES string of the molecule is CSc1ccc(NC(=O)COC(=O)C2CCCN(S(=O)(=O)c3ccc(Cl)cc3)C2)cc1. The van der Waals surface area contributed by atoms with Gasteiger partial charge in [-0.3, -0.25) is 9.59 Å². The molecule has 31 heavy (non-hydrogen) atoms. The lowest BCUT2D eigenvalue weighted by atomic mass is 10.00. The van der Waals surface area contributed by atoms with Crippen molar-refractivity contribution >= 4 is 50.9 Å². The van der Waals surface area contributed by atoms with Gasteiger partial charge in [0.2, 0.25) is 10.0 Å². The lowest BCUT2D eigenvalue weighted by molar-refractivity contribution is -0.152. The van der Waals surface area contributed by atoms with Crippen molar-refractivity contribution in [1.82, 2.24) is 4.31 Å². The van der Waals surface area contributed by atoms with Crippen LogP contribution in [0.2, 0.25) is 5.02 Å². The van der Waals surface area contributed by atoms with Crippen molar-refractivity contribution in [2.75, 3.05) is 31.3 Å². The molecule has 7 nitrogen and oxygen atoms in total. The Labute approximate surface area is 191 Å². The van der Waals surface area contributed by atoms with E-state index in [-0.39, 0.29) is 11.4 Å². The number of benzene rings is 2. The maximum atomic E-state index is 12.8. The lowest BCUT2D eigenvalue weighted by Gasteiger charge is -2.30. The predicted octanol–water partition coefficient (Wildman–Crippen LogP) is 3.64. The standard InChI is InChI=1S/C21H23ClN2O5S2/c1-30-18-8-6-17(7-9-18)23-20(25)14-29-21(26)15-3-2-12-24(13-15)31(27,28)19-10-4-16(22)5-11-19/h4-11,15H,2-3,12-14H2,1H3,(H,23,25). The van der Waals surface area contributed by atoms with E-state index < -0.39 is 34.4 Å². The molecule has 1 saturated heterocycles. The minimum Gasteiger partial charge on any atom is -0.455 e. The van der Waals surface area contributed by atoms with Gasteiger partial charge in [-0.1, -0.05) is 11.6 Å². The first kappa shape index (κ1) is 23.6. The van der Waals surface area contributed by atoms with Gasteiger partial charge in [0.15, 0.2) is 6.61 Å². The molecule has 1 amide bonds. The molecule has 1 fully saturated rings. The monoisotopic (exact) mass is 482 g/mol. The van der Waals surface area contributed by atoms with E-state index in [0.29, 0.717) is 30.1 Å². The van der Waals surface area contributed by atoms with Crippen LogP contribution in [0.25, 0.3) is 0 Å². The number of carbonyl (C=O) groups is 2. The highest BCUT2D eigenvalue weighted by molar-refractivity contribution is 7.98. The first-order chi connectivity index (χ1) is 14.8. The summed E-state index contributed by atoms with van der Waals surface area (Å²) in [4.78, 5) is 25.7. The molecule has 166 valence electrons. The van der Waals surface area contributed by atoms with Gasteiger partial charge in [0.05, 0.1) is 10.8 Å². The van der Waals surface area contributed by atoms with E-state index in [1.54, 1.807) is 23.9 Å². The fraction of sp³-hybridized carbons (Fsp3) is 0.333. The molecule has 1 unspecified atom stereocenters. The Balaban J connectivity index is 1.54. The Morgan fingerprint density at radius 2 is 1.84 bits per heavy atom. The first-order valence-corrected chi connectivity index (χ1v) is 12.7. The van der Waals surface area contributed by atoms with Gasteiger partial charge in [-0.15, -0.1) is 11.8 Å². The molecule has 0 aromatic heterocycles. The van der Waals surface area contributed by atoms with Crippen LogP contribution in [0.1, 0.15) is 12.8 Å². The topological polar surface area (TPSA) is 92.8 Å². The fourth-order valence-corrected chi connectivity index (χ4v) is 5.29. The van der Waals surface area contributed by atoms with Crippen molar-refractivity contribution in [3.05, 3.63) is 53.6 Å². The molecular formula is C21H23ClN2O5S2. The highest BCUT2D eigenvalue weighted by Gasteiger charge is 2.34. The van der Waals surface area contributed by atoms with E-state index in [1.165, 1.54) is 28.6 Å². The molecule has 0 radical (unpaired) electrons. The van der Waals surface area contributed by atoms with E-state index in [4.69, 9.17) is 16.3 Å². The molecule has 2 aromatic carbocycles. The second-order valence-corrected chi connectivity index (χ2v) is 10.3. The minimum atomic E-state index is -3.74. The van der Waals surface area contributed by atoms with Gasteiger partial charge in [0.25, 0.3) is 5.91 Å². The molecule has 1 N–H and O–H groups in total. The highest BCUT2D eigenvalue weighted by Crippen LogP contribution is 2.25. The van der Waals surface area contributed by atoms with E-state index in [1.807, 2.05) is 18.4 Å². The summed E-state index contributed by atoms with van der Waals surface area (Å²) in [6.45, 7) is -0.0909. The second-order valence-electron chi connectivity index (χ2n) is 7.04. The van der Waals surface area contributed by atoms with Crippen LogP contribution in [0.4, 0.5) is 5.69 Å². The van der Waals surface area contributed by atoms with Crippen LogP contribution >= 0.6 is 23.4 Å². The number of nitrogens with zero attached hydrogens (tertiary/aromatic N) is 1. The fourth-order valence-electron chi connectivity index (χ4n) is 3.23. The highest BCUT2D eigenvalue weighted by atomic mass is 35.5. The Kier molecular flexibility index (Phi) is 7.99. The average Bonchev–Trinajstić information content (AvgIpc) is 2.78. The van der Waals surface area contributed by atoms with Crippen LogP contribution in [-0.4, -0.2) is 50.6 Å². The number of hydrogen-bond donors (Lipinski definition) is 1. The average molecular weight is 483 g/mol. The van der Waals surface area contributed by atoms with Crippen molar-refractivity contribution in [3.63, 3.8) is 0 Å². The summed E-state index contributed by atoms with van der Waals surface area (Å²) in [5.41, 5.74) is 0.608. The van der Waals surface area contributed by atoms with Gasteiger partial charge in [-0.25, -0.2) is 8.42 Å². The lowest BCUT2D eigenvalue weighted by Crippen LogP contribution is -2.43. The summed E-state index contributed by atoms with van der Waals surface area (Å²) in [6, 6.07) is 13.2. The van der Waals surface area contributed by atoms with Gasteiger partial charge >= 0.3 is 5.97 Å². The summed E-state index contributed by atoms with van der Waals surface area (Å²) in [6.07, 6.45) is 2.99. The third kappa shape index (κ3) is 6.22. The molecule has 1 aliphatic rings. The number of ether oxygens (including phenoxy) is 1. The Hall–Kier alpha value is -2.07. The molecule has 3 rings (SSSR count). The molecule has 1 aliphatic heterocycles. The van der Waals surface area contributed by atoms with Crippen molar-refractivity contribution in [1.29, 1.82) is 0 Å². The molecule has 2 aromatic rings. The Bertz CT molecular complexity index is 1030. The van der Waals surface area contributed by atoms with Crippen LogP contribution in [0.5, 0.6) is 0 Å². The molecule has 1 heterocycles. The smallest absolute Gasteiger partial charge is 0.310 e. The number of esters is 1. The van der Waals surface area contributed by atoms with Gasteiger partial charge in [-0.05, 0) is 67.6 Å². The molecule has 0 spiro atoms. The summed E-state index contributed by atoms with van der Waals surface area (Å²) in [7, 11) is -3.74. The number of carbonyl (C=O) groups excluding carboxylic acids is 2. The van der Waals surface area contributed by atoms with Gasteiger partial charge in [0, 0.05) is 28.7 Å². The van der Waals surface area contributed by atoms with Crippen molar-refractivity contribution < 1.29 is 22.7 Å². The third-order valence-corrected chi connectivity index (χ3v) is 7.76. The molecule has 0 bridgehead atoms. The minimum absolute atomic E-state index is 0.0154. The van der Waals surface area contributed by atoms with Crippen molar-refractivity contribution in [2.24, 2.45) is 5.92 Å². The number of hydrogen-bond acceptors (Lipinski definition) is 6. The van der Waals surface area contributed by atoms with Gasteiger partial charge in [0.1, 0.15) is 0 Å². The van der Waals surface area contributed by atoms with E-state index in [9.17, 15) is 18.0 Å². The second kappa shape index (κ2) is 10.5. The van der Waals surface area contributed by atoms with Crippen LogP contribution in [0, 0.1) is 5.92 Å². The van der Waals surface area contributed by atoms with E-state index in [0.717, 1.165) is 4.90 Å². The summed E-state index contributed by atoms with van der Waals surface area (Å²) in [5, 5.41) is 3.11. The zero-order valence-corrected chi connectivity index (χ0v) is 19.3. The van der Waals surface area contributed by atoms with Crippen LogP contribution < -0.4 is 5.32 Å². The molecule has 0 aliphatic carbocycles. The maximum absolute atomic E-state index is 12.8. The number of amides is 1. The summed E-state index contributed by atoms with van der Waals surface area (Å²) >= 11 is 7.43. The quantitative estimate of drug-likeness (QED) is 0.478. The Morgan fingerprint density at radius 3 is 2.48 bits per heavy atom. The molecular weight excluding hydrogens is 460 g/mol. The number of thioether (sulfide) groups is 1. The number of nitrogens with one attached hydrogen (secondary N) is 1. The zero-order chi connectivity index (χ0) is 22.4. The van der Waals surface area contributed by atoms with Crippen molar-refractivity contribution in [3.8, 4) is 0 Å². The predicted molar refractivity (Wildman–Crippen MR) is 121 cm³/mol. The maximum Gasteiger partial charge on any atom is 0.310 e. The molecule has 1 atom stereocenters. The van der Waals surface area contributed by atoms with Crippen LogP contribution in [0.15, 0.2) is 58.3 Å². The van der Waals surface area contributed by atoms with E-state index in [2.05, 4.69) is 5.32 Å². The van der Waals surface area contributed by atoms with Crippen molar-refractivity contribution in [2.45, 2.75) is 22.6 Å². The van der Waals surface area contributed by atoms with Crippen LogP contribution in [-0.2, 0) is 24.3 Å². The zero-order valence-electron chi connectivity index (χ0n) is 16.9. The first-order valence-electron chi connectivity index (χ1n) is 9.66.